The third kappa shape index (κ3) is 2.67. The molecule has 3 nitrogen and oxygen atoms in total. The Balaban J connectivity index is 2.26. The van der Waals surface area contributed by atoms with Gasteiger partial charge in [0.2, 0.25) is 0 Å². The number of hydrogen-bond donors (Lipinski definition) is 2. The largest absolute Gasteiger partial charge is 0.396 e. The normalized spacial score (nSPS) is 10.3. The predicted octanol–water partition coefficient (Wildman–Crippen LogP) is 2.94. The van der Waals surface area contributed by atoms with Crippen LogP contribution in [0.25, 0.3) is 0 Å². The van der Waals surface area contributed by atoms with Crippen molar-refractivity contribution in [2.45, 2.75) is 0 Å². The molecule has 2 aromatic carbocycles. The standard InChI is InChI=1S/C13H9F3N2O/c14-8-2-1-3-11(12(8)16)18-13(19)7-4-5-10(17)9(15)6-7/h1-6H,17H2,(H,18,19). The van der Waals surface area contributed by atoms with E-state index >= 15 is 0 Å². The molecule has 1 amide bonds. The molecule has 0 saturated heterocycles. The second-order valence-electron chi connectivity index (χ2n) is 3.79. The van der Waals surface area contributed by atoms with Crippen molar-refractivity contribution >= 4 is 17.3 Å². The number of benzene rings is 2. The Bertz CT molecular complexity index is 644. The fourth-order valence-corrected chi connectivity index (χ4v) is 1.46. The summed E-state index contributed by atoms with van der Waals surface area (Å²) in [6, 6.07) is 6.79. The van der Waals surface area contributed by atoms with Crippen molar-refractivity contribution in [3.8, 4) is 0 Å². The Kier molecular flexibility index (Phi) is 3.41. The highest BCUT2D eigenvalue weighted by Crippen LogP contribution is 2.18. The van der Waals surface area contributed by atoms with Crippen LogP contribution in [0, 0.1) is 17.5 Å². The molecule has 0 spiro atoms. The van der Waals surface area contributed by atoms with Gasteiger partial charge in [0, 0.05) is 5.56 Å². The Hall–Kier alpha value is -2.50. The third-order valence-electron chi connectivity index (χ3n) is 2.46. The maximum Gasteiger partial charge on any atom is 0.255 e. The van der Waals surface area contributed by atoms with Gasteiger partial charge in [0.15, 0.2) is 11.6 Å². The molecule has 2 rings (SSSR count). The lowest BCUT2D eigenvalue weighted by Gasteiger charge is -2.07. The zero-order valence-corrected chi connectivity index (χ0v) is 9.58. The number of carbonyl (C=O) groups is 1. The van der Waals surface area contributed by atoms with Crippen LogP contribution >= 0.6 is 0 Å². The molecule has 0 bridgehead atoms. The monoisotopic (exact) mass is 266 g/mol. The van der Waals surface area contributed by atoms with Gasteiger partial charge in [0.1, 0.15) is 5.82 Å². The average Bonchev–Trinajstić information content (AvgIpc) is 2.38. The van der Waals surface area contributed by atoms with Crippen molar-refractivity contribution in [1.29, 1.82) is 0 Å². The van der Waals surface area contributed by atoms with Crippen molar-refractivity contribution in [2.75, 3.05) is 11.1 Å². The van der Waals surface area contributed by atoms with E-state index in [4.69, 9.17) is 5.73 Å². The summed E-state index contributed by atoms with van der Waals surface area (Å²) in [4.78, 5) is 11.7. The summed E-state index contributed by atoms with van der Waals surface area (Å²) < 4.78 is 39.5. The molecule has 0 aromatic heterocycles. The number of hydrogen-bond acceptors (Lipinski definition) is 2. The van der Waals surface area contributed by atoms with Crippen molar-refractivity contribution in [2.24, 2.45) is 0 Å². The van der Waals surface area contributed by atoms with Gasteiger partial charge in [0.05, 0.1) is 11.4 Å². The summed E-state index contributed by atoms with van der Waals surface area (Å²) in [5, 5.41) is 2.15. The second kappa shape index (κ2) is 5.01. The molecule has 2 aromatic rings. The van der Waals surface area contributed by atoms with Crippen LogP contribution < -0.4 is 11.1 Å². The highest BCUT2D eigenvalue weighted by Gasteiger charge is 2.13. The Morgan fingerprint density at radius 2 is 1.79 bits per heavy atom. The van der Waals surface area contributed by atoms with Gasteiger partial charge in [-0.2, -0.15) is 0 Å². The summed E-state index contributed by atoms with van der Waals surface area (Å²) in [6.07, 6.45) is 0. The Morgan fingerprint density at radius 3 is 2.47 bits per heavy atom. The number of nitrogens with one attached hydrogen (secondary N) is 1. The lowest BCUT2D eigenvalue weighted by molar-refractivity contribution is 0.102. The van der Waals surface area contributed by atoms with Gasteiger partial charge in [0.25, 0.3) is 5.91 Å². The molecule has 0 saturated carbocycles. The van der Waals surface area contributed by atoms with E-state index in [0.717, 1.165) is 12.1 Å². The van der Waals surface area contributed by atoms with Crippen LogP contribution in [0.3, 0.4) is 0 Å². The molecule has 6 heteroatoms. The third-order valence-corrected chi connectivity index (χ3v) is 2.46. The van der Waals surface area contributed by atoms with E-state index in [1.165, 1.54) is 24.3 Å². The molecular weight excluding hydrogens is 257 g/mol. The summed E-state index contributed by atoms with van der Waals surface area (Å²) >= 11 is 0. The van der Waals surface area contributed by atoms with Crippen LogP contribution in [0.4, 0.5) is 24.5 Å². The first-order valence-corrected chi connectivity index (χ1v) is 5.29. The van der Waals surface area contributed by atoms with E-state index in [2.05, 4.69) is 5.32 Å². The first-order chi connectivity index (χ1) is 8.99. The van der Waals surface area contributed by atoms with E-state index in [9.17, 15) is 18.0 Å². The first-order valence-electron chi connectivity index (χ1n) is 5.29. The minimum atomic E-state index is -1.17. The van der Waals surface area contributed by atoms with Crippen LogP contribution in [0.15, 0.2) is 36.4 Å². The number of halogens is 3. The maximum atomic E-state index is 13.3. The highest BCUT2D eigenvalue weighted by molar-refractivity contribution is 6.04. The minimum absolute atomic E-state index is 0.0460. The Labute approximate surface area is 106 Å². The van der Waals surface area contributed by atoms with Crippen LogP contribution in [0.2, 0.25) is 0 Å². The molecule has 0 atom stereocenters. The zero-order valence-electron chi connectivity index (χ0n) is 9.58. The van der Waals surface area contributed by atoms with Gasteiger partial charge in [-0.3, -0.25) is 4.79 Å². The SMILES string of the molecule is Nc1ccc(C(=O)Nc2cccc(F)c2F)cc1F. The van der Waals surface area contributed by atoms with Gasteiger partial charge in [-0.15, -0.1) is 0 Å². The molecule has 0 unspecified atom stereocenters. The van der Waals surface area contributed by atoms with Gasteiger partial charge < -0.3 is 11.1 Å². The molecule has 0 fully saturated rings. The Morgan fingerprint density at radius 1 is 1.05 bits per heavy atom. The number of anilines is 2. The van der Waals surface area contributed by atoms with E-state index in [1.54, 1.807) is 0 Å². The second-order valence-corrected chi connectivity index (χ2v) is 3.79. The first kappa shape index (κ1) is 12.9. The summed E-state index contributed by atoms with van der Waals surface area (Å²) in [7, 11) is 0. The van der Waals surface area contributed by atoms with Crippen LogP contribution in [0.1, 0.15) is 10.4 Å². The summed E-state index contributed by atoms with van der Waals surface area (Å²) in [5.41, 5.74) is 4.80. The van der Waals surface area contributed by atoms with Gasteiger partial charge in [-0.05, 0) is 30.3 Å². The van der Waals surface area contributed by atoms with Crippen LogP contribution in [-0.4, -0.2) is 5.91 Å². The van der Waals surface area contributed by atoms with Gasteiger partial charge >= 0.3 is 0 Å². The summed E-state index contributed by atoms with van der Waals surface area (Å²) in [6.45, 7) is 0. The lowest BCUT2D eigenvalue weighted by atomic mass is 10.2. The maximum absolute atomic E-state index is 13.3. The molecule has 0 aliphatic carbocycles. The average molecular weight is 266 g/mol. The molecular formula is C13H9F3N2O. The van der Waals surface area contributed by atoms with Gasteiger partial charge in [-0.1, -0.05) is 6.07 Å². The molecule has 19 heavy (non-hydrogen) atoms. The number of amides is 1. The fraction of sp³-hybridized carbons (Fsp3) is 0. The van der Waals surface area contributed by atoms with Crippen molar-refractivity contribution in [3.63, 3.8) is 0 Å². The number of nitrogen functional groups attached to an aromatic ring is 1. The zero-order chi connectivity index (χ0) is 14.0. The molecule has 3 N–H and O–H groups in total. The van der Waals surface area contributed by atoms with Crippen LogP contribution in [-0.2, 0) is 0 Å². The topological polar surface area (TPSA) is 55.1 Å². The van der Waals surface area contributed by atoms with Crippen molar-refractivity contribution in [3.05, 3.63) is 59.4 Å². The van der Waals surface area contributed by atoms with E-state index in [-0.39, 0.29) is 16.9 Å². The highest BCUT2D eigenvalue weighted by atomic mass is 19.2. The molecule has 0 aliphatic rings. The molecule has 0 heterocycles. The van der Waals surface area contributed by atoms with Crippen molar-refractivity contribution < 1.29 is 18.0 Å². The van der Waals surface area contributed by atoms with E-state index in [1.807, 2.05) is 0 Å². The smallest absolute Gasteiger partial charge is 0.255 e. The molecule has 98 valence electrons. The van der Waals surface area contributed by atoms with E-state index < -0.39 is 23.4 Å². The molecule has 0 radical (unpaired) electrons. The van der Waals surface area contributed by atoms with E-state index in [0.29, 0.717) is 0 Å². The number of nitrogens with two attached hydrogens (primary N) is 1. The van der Waals surface area contributed by atoms with Gasteiger partial charge in [-0.25, -0.2) is 13.2 Å². The fourth-order valence-electron chi connectivity index (χ4n) is 1.46. The lowest BCUT2D eigenvalue weighted by Crippen LogP contribution is -2.14. The predicted molar refractivity (Wildman–Crippen MR) is 65.1 cm³/mol. The quantitative estimate of drug-likeness (QED) is 0.821. The number of carbonyl (C=O) groups excluding carboxylic acids is 1. The minimum Gasteiger partial charge on any atom is -0.396 e. The molecule has 0 aliphatic heterocycles. The summed E-state index contributed by atoms with van der Waals surface area (Å²) in [5.74, 6) is -3.77. The number of rotatable bonds is 2. The van der Waals surface area contributed by atoms with Crippen molar-refractivity contribution in [1.82, 2.24) is 0 Å². The van der Waals surface area contributed by atoms with Crippen LogP contribution in [0.5, 0.6) is 0 Å².